The molecule has 12 nitrogen and oxygen atoms in total. The van der Waals surface area contributed by atoms with Crippen LogP contribution in [0.4, 0.5) is 5.69 Å². The molecule has 3 aromatic rings. The van der Waals surface area contributed by atoms with Crippen molar-refractivity contribution in [2.45, 2.75) is 18.7 Å². The van der Waals surface area contributed by atoms with Gasteiger partial charge in [-0.15, -0.1) is 0 Å². The maximum absolute atomic E-state index is 14.0. The number of hydrazone groups is 1. The molecule has 0 radical (unpaired) electrons. The molecule has 1 N–H and O–H groups in total. The molecule has 0 bridgehead atoms. The molecule has 3 aromatic carbocycles. The molecule has 3 rings (SSSR count). The van der Waals surface area contributed by atoms with Gasteiger partial charge in [0.2, 0.25) is 0 Å². The number of carbonyl (C=O) groups is 1. The van der Waals surface area contributed by atoms with Crippen molar-refractivity contribution in [1.29, 1.82) is 0 Å². The fourth-order valence-electron chi connectivity index (χ4n) is 3.89. The highest BCUT2D eigenvalue weighted by molar-refractivity contribution is 7.92. The molecule has 0 heterocycles. The van der Waals surface area contributed by atoms with Crippen LogP contribution >= 0.6 is 0 Å². The fraction of sp³-hybridized carbons (Fsp3) is 0.310. The summed E-state index contributed by atoms with van der Waals surface area (Å²) < 4.78 is 61.3. The van der Waals surface area contributed by atoms with Crippen molar-refractivity contribution in [3.63, 3.8) is 0 Å². The first-order valence-corrected chi connectivity index (χ1v) is 14.3. The lowest BCUT2D eigenvalue weighted by Gasteiger charge is -2.26. The van der Waals surface area contributed by atoms with E-state index in [-0.39, 0.29) is 22.1 Å². The number of amides is 1. The normalized spacial score (nSPS) is 11.1. The van der Waals surface area contributed by atoms with Crippen LogP contribution in [0.1, 0.15) is 19.4 Å². The van der Waals surface area contributed by atoms with Gasteiger partial charge in [-0.1, -0.05) is 0 Å². The first-order chi connectivity index (χ1) is 20.2. The largest absolute Gasteiger partial charge is 0.497 e. The van der Waals surface area contributed by atoms with E-state index < -0.39 is 22.5 Å². The highest BCUT2D eigenvalue weighted by Crippen LogP contribution is 2.37. The predicted octanol–water partition coefficient (Wildman–Crippen LogP) is 3.86. The summed E-state index contributed by atoms with van der Waals surface area (Å²) in [5.74, 6) is 1.51. The number of ether oxygens (including phenoxy) is 6. The second kappa shape index (κ2) is 14.8. The van der Waals surface area contributed by atoms with Crippen molar-refractivity contribution in [2.24, 2.45) is 5.10 Å². The topological polar surface area (TPSA) is 134 Å². The van der Waals surface area contributed by atoms with Gasteiger partial charge in [0.05, 0.1) is 58.5 Å². The first-order valence-electron chi connectivity index (χ1n) is 12.9. The summed E-state index contributed by atoms with van der Waals surface area (Å²) in [4.78, 5) is 12.9. The Morgan fingerprint density at radius 2 is 1.43 bits per heavy atom. The van der Waals surface area contributed by atoms with Crippen molar-refractivity contribution in [2.75, 3.05) is 52.5 Å². The van der Waals surface area contributed by atoms with Gasteiger partial charge in [-0.2, -0.15) is 5.10 Å². The minimum Gasteiger partial charge on any atom is -0.497 e. The molecule has 0 saturated carbocycles. The minimum absolute atomic E-state index is 0.0821. The summed E-state index contributed by atoms with van der Waals surface area (Å²) in [6, 6.07) is 14.0. The number of carbonyl (C=O) groups excluding carboxylic acids is 1. The summed E-state index contributed by atoms with van der Waals surface area (Å²) >= 11 is 0. The van der Waals surface area contributed by atoms with E-state index in [1.165, 1.54) is 58.9 Å². The van der Waals surface area contributed by atoms with E-state index in [9.17, 15) is 13.2 Å². The Hall–Kier alpha value is -4.65. The van der Waals surface area contributed by atoms with Gasteiger partial charge in [-0.25, -0.2) is 13.8 Å². The fourth-order valence-corrected chi connectivity index (χ4v) is 5.33. The number of nitrogens with zero attached hydrogens (tertiary/aromatic N) is 2. The van der Waals surface area contributed by atoms with E-state index in [1.54, 1.807) is 30.3 Å². The number of nitrogens with one attached hydrogen (secondary N) is 1. The minimum atomic E-state index is -4.34. The van der Waals surface area contributed by atoms with Crippen molar-refractivity contribution in [3.05, 3.63) is 60.2 Å². The molecule has 0 saturated heterocycles. The molecule has 0 atom stereocenters. The van der Waals surface area contributed by atoms with Crippen LogP contribution in [-0.4, -0.2) is 68.7 Å². The zero-order chi connectivity index (χ0) is 30.7. The molecular weight excluding hydrogens is 566 g/mol. The van der Waals surface area contributed by atoms with Crippen LogP contribution in [0.2, 0.25) is 0 Å². The van der Waals surface area contributed by atoms with Gasteiger partial charge >= 0.3 is 0 Å². The zero-order valence-corrected chi connectivity index (χ0v) is 25.2. The van der Waals surface area contributed by atoms with Crippen LogP contribution in [0, 0.1) is 0 Å². The van der Waals surface area contributed by atoms with Gasteiger partial charge in [0.15, 0.2) is 23.0 Å². The Bertz CT molecular complexity index is 1510. The summed E-state index contributed by atoms with van der Waals surface area (Å²) in [5, 5.41) is 4.01. The molecule has 0 aromatic heterocycles. The molecule has 0 fully saturated rings. The van der Waals surface area contributed by atoms with Crippen LogP contribution in [0.15, 0.2) is 64.6 Å². The molecular formula is C29H35N3O9S. The standard InChI is InChI=1S/C29H35N3O9S/c1-7-40-26-12-9-20(15-28(26)41-8-2)18-30-31-29(33)19-32(23-16-21(36-3)10-13-24(23)37-4)42(34,35)22-11-14-25(38-5)27(17-22)39-6/h9-18H,7-8,19H2,1-6H3,(H,31,33)/b30-18-. The second-order valence-corrected chi connectivity index (χ2v) is 10.3. The average molecular weight is 602 g/mol. The number of anilines is 1. The van der Waals surface area contributed by atoms with Gasteiger partial charge in [-0.05, 0) is 61.9 Å². The Labute approximate surface area is 245 Å². The number of hydrogen-bond acceptors (Lipinski definition) is 10. The molecule has 0 aliphatic heterocycles. The van der Waals surface area contributed by atoms with Crippen molar-refractivity contribution < 1.29 is 41.6 Å². The van der Waals surface area contributed by atoms with E-state index in [4.69, 9.17) is 28.4 Å². The van der Waals surface area contributed by atoms with Crippen molar-refractivity contribution in [1.82, 2.24) is 5.43 Å². The van der Waals surface area contributed by atoms with Crippen LogP contribution in [0.5, 0.6) is 34.5 Å². The maximum Gasteiger partial charge on any atom is 0.265 e. The monoisotopic (exact) mass is 601 g/mol. The highest BCUT2D eigenvalue weighted by Gasteiger charge is 2.31. The second-order valence-electron chi connectivity index (χ2n) is 8.43. The van der Waals surface area contributed by atoms with Gasteiger partial charge in [0.25, 0.3) is 15.9 Å². The molecule has 42 heavy (non-hydrogen) atoms. The third kappa shape index (κ3) is 7.55. The average Bonchev–Trinajstić information content (AvgIpc) is 3.00. The van der Waals surface area contributed by atoms with Crippen LogP contribution < -0.4 is 38.2 Å². The van der Waals surface area contributed by atoms with E-state index in [2.05, 4.69) is 10.5 Å². The third-order valence-electron chi connectivity index (χ3n) is 5.86. The molecule has 13 heteroatoms. The smallest absolute Gasteiger partial charge is 0.265 e. The number of sulfonamides is 1. The Morgan fingerprint density at radius 3 is 2.07 bits per heavy atom. The maximum atomic E-state index is 14.0. The van der Waals surface area contributed by atoms with Crippen molar-refractivity contribution in [3.8, 4) is 34.5 Å². The van der Waals surface area contributed by atoms with Crippen LogP contribution in [0.3, 0.4) is 0 Å². The number of benzene rings is 3. The van der Waals surface area contributed by atoms with Gasteiger partial charge in [0, 0.05) is 12.1 Å². The first kappa shape index (κ1) is 31.9. The Kier molecular flexibility index (Phi) is 11.3. The highest BCUT2D eigenvalue weighted by atomic mass is 32.2. The molecule has 0 unspecified atom stereocenters. The number of methoxy groups -OCH3 is 4. The quantitative estimate of drug-likeness (QED) is 0.204. The van der Waals surface area contributed by atoms with Gasteiger partial charge in [-0.3, -0.25) is 9.10 Å². The Morgan fingerprint density at radius 1 is 0.786 bits per heavy atom. The molecule has 0 aliphatic carbocycles. The van der Waals surface area contributed by atoms with Crippen LogP contribution in [0.25, 0.3) is 0 Å². The van der Waals surface area contributed by atoms with Crippen LogP contribution in [-0.2, 0) is 14.8 Å². The Balaban J connectivity index is 1.95. The van der Waals surface area contributed by atoms with E-state index in [1.807, 2.05) is 13.8 Å². The SMILES string of the molecule is CCOc1ccc(/C=N\NC(=O)CN(c2cc(OC)ccc2OC)S(=O)(=O)c2ccc(OC)c(OC)c2)cc1OCC. The van der Waals surface area contributed by atoms with Crippen molar-refractivity contribution >= 4 is 27.8 Å². The predicted molar refractivity (Wildman–Crippen MR) is 158 cm³/mol. The number of rotatable bonds is 15. The molecule has 226 valence electrons. The molecule has 0 spiro atoms. The lowest BCUT2D eigenvalue weighted by molar-refractivity contribution is -0.119. The number of hydrogen-bond donors (Lipinski definition) is 1. The lowest BCUT2D eigenvalue weighted by Crippen LogP contribution is -2.39. The van der Waals surface area contributed by atoms with E-state index in [0.717, 1.165) is 4.31 Å². The summed E-state index contributed by atoms with van der Waals surface area (Å²) in [5.41, 5.74) is 3.10. The van der Waals surface area contributed by atoms with E-state index >= 15 is 0 Å². The summed E-state index contributed by atoms with van der Waals surface area (Å²) in [6.45, 7) is 4.01. The molecule has 1 amide bonds. The zero-order valence-electron chi connectivity index (χ0n) is 24.4. The summed E-state index contributed by atoms with van der Waals surface area (Å²) in [7, 11) is 1.32. The third-order valence-corrected chi connectivity index (χ3v) is 7.61. The van der Waals surface area contributed by atoms with Gasteiger partial charge < -0.3 is 28.4 Å². The lowest BCUT2D eigenvalue weighted by atomic mass is 10.2. The van der Waals surface area contributed by atoms with Gasteiger partial charge in [0.1, 0.15) is 18.0 Å². The molecule has 0 aliphatic rings. The summed E-state index contributed by atoms with van der Waals surface area (Å²) in [6.07, 6.45) is 1.41. The van der Waals surface area contributed by atoms with E-state index in [0.29, 0.717) is 41.8 Å².